The number of carbonyl (C=O) groups excluding carboxylic acids is 2. The highest BCUT2D eigenvalue weighted by Gasteiger charge is 2.73. The Morgan fingerprint density at radius 1 is 0.810 bits per heavy atom. The van der Waals surface area contributed by atoms with Gasteiger partial charge in [0.1, 0.15) is 10.6 Å². The number of hydrogen-bond acceptors (Lipinski definition) is 4. The summed E-state index contributed by atoms with van der Waals surface area (Å²) in [6, 6.07) is 5.57. The average molecular weight is 627 g/mol. The molecule has 2 aliphatic rings. The molecule has 0 aromatic heterocycles. The highest BCUT2D eigenvalue weighted by molar-refractivity contribution is 7.92. The lowest BCUT2D eigenvalue weighted by atomic mass is 9.89. The largest absolute Gasteiger partial charge is 0.435 e. The second-order valence-corrected chi connectivity index (χ2v) is 12.7. The number of nitrogens with zero attached hydrogens (tertiary/aromatic N) is 2. The molecule has 0 radical (unpaired) electrons. The lowest BCUT2D eigenvalue weighted by molar-refractivity contribution is -0.348. The molecule has 2 fully saturated rings. The smallest absolute Gasteiger partial charge is 0.339 e. The topological polar surface area (TPSA) is 74.8 Å². The summed E-state index contributed by atoms with van der Waals surface area (Å²) in [5, 5.41) is 0. The second kappa shape index (κ2) is 10.8. The third-order valence-corrected chi connectivity index (χ3v) is 10.6. The molecule has 0 bridgehead atoms. The second-order valence-electron chi connectivity index (χ2n) is 10.5. The predicted molar refractivity (Wildman–Crippen MR) is 133 cm³/mol. The summed E-state index contributed by atoms with van der Waals surface area (Å²) in [7, 11) is -4.52. The van der Waals surface area contributed by atoms with Gasteiger partial charge in [-0.25, -0.2) is 17.2 Å². The van der Waals surface area contributed by atoms with Crippen LogP contribution in [0.5, 0.6) is 0 Å². The third kappa shape index (κ3) is 5.24. The highest BCUT2D eigenvalue weighted by Crippen LogP contribution is 2.55. The van der Waals surface area contributed by atoms with Crippen molar-refractivity contribution in [1.82, 2.24) is 9.80 Å². The number of amides is 2. The lowest BCUT2D eigenvalue weighted by Crippen LogP contribution is -2.51. The van der Waals surface area contributed by atoms with Gasteiger partial charge in [0.25, 0.3) is 0 Å². The Hall–Kier alpha value is -3.23. The molecule has 2 aromatic carbocycles. The molecule has 2 aromatic rings. The summed E-state index contributed by atoms with van der Waals surface area (Å²) in [6.07, 6.45) is -13.3. The predicted octanol–water partition coefficient (Wildman–Crippen LogP) is 5.28. The van der Waals surface area contributed by atoms with Crippen molar-refractivity contribution < 1.29 is 53.1 Å². The zero-order valence-electron chi connectivity index (χ0n) is 22.1. The van der Waals surface area contributed by atoms with Crippen LogP contribution in [0.25, 0.3) is 0 Å². The van der Waals surface area contributed by atoms with Gasteiger partial charge in [-0.05, 0) is 49.1 Å². The monoisotopic (exact) mass is 626 g/mol. The Bertz CT molecular complexity index is 1420. The first-order valence-electron chi connectivity index (χ1n) is 12.8. The molecule has 0 N–H and O–H groups in total. The van der Waals surface area contributed by atoms with E-state index in [-0.39, 0.29) is 73.9 Å². The van der Waals surface area contributed by atoms with Gasteiger partial charge < -0.3 is 9.80 Å². The molecule has 1 saturated heterocycles. The number of benzene rings is 2. The minimum atomic E-state index is -6.36. The number of rotatable bonds is 5. The van der Waals surface area contributed by atoms with E-state index in [0.717, 1.165) is 24.3 Å². The number of piperazine rings is 1. The maximum Gasteiger partial charge on any atom is 0.435 e. The van der Waals surface area contributed by atoms with E-state index in [2.05, 4.69) is 0 Å². The lowest BCUT2D eigenvalue weighted by Gasteiger charge is -2.36. The van der Waals surface area contributed by atoms with E-state index >= 15 is 0 Å². The van der Waals surface area contributed by atoms with Crippen molar-refractivity contribution in [3.8, 4) is 0 Å². The van der Waals surface area contributed by atoms with Crippen molar-refractivity contribution >= 4 is 21.7 Å². The van der Waals surface area contributed by atoms with E-state index in [9.17, 15) is 53.1 Å². The van der Waals surface area contributed by atoms with Crippen LogP contribution in [0.1, 0.15) is 37.3 Å². The van der Waals surface area contributed by atoms with Crippen LogP contribution < -0.4 is 0 Å². The molecule has 1 saturated carbocycles. The third-order valence-electron chi connectivity index (χ3n) is 8.09. The molecule has 15 heteroatoms. The summed E-state index contributed by atoms with van der Waals surface area (Å²) in [4.78, 5) is 27.6. The molecule has 4 rings (SSSR count). The van der Waals surface area contributed by atoms with Crippen molar-refractivity contribution in [1.29, 1.82) is 0 Å². The van der Waals surface area contributed by atoms with E-state index in [0.29, 0.717) is 12.1 Å². The molecule has 6 nitrogen and oxygen atoms in total. The average Bonchev–Trinajstić information content (AvgIpc) is 3.39. The van der Waals surface area contributed by atoms with Crippen LogP contribution in [0.2, 0.25) is 0 Å². The summed E-state index contributed by atoms with van der Waals surface area (Å²) >= 11 is 0. The molecule has 42 heavy (non-hydrogen) atoms. The Morgan fingerprint density at radius 3 is 1.79 bits per heavy atom. The SMILES string of the molecule is CC(=O)N1CCN(C(=O)[C@@H]2CC[C@](c3ccc(C(F)(C(F)(F)F)C(F)(F)F)cc3)(S(=O)(=O)c3ccc(F)cc3)C2)CC1. The Labute approximate surface area is 236 Å². The highest BCUT2D eigenvalue weighted by atomic mass is 32.2. The molecule has 2 atom stereocenters. The van der Waals surface area contributed by atoms with E-state index in [1.165, 1.54) is 16.7 Å². The van der Waals surface area contributed by atoms with Gasteiger partial charge in [0, 0.05) is 44.6 Å². The van der Waals surface area contributed by atoms with Crippen molar-refractivity contribution in [3.05, 3.63) is 65.5 Å². The fraction of sp³-hybridized carbons (Fsp3) is 0.481. The number of sulfone groups is 1. The van der Waals surface area contributed by atoms with Gasteiger partial charge in [-0.1, -0.05) is 24.3 Å². The van der Waals surface area contributed by atoms with Gasteiger partial charge in [-0.15, -0.1) is 0 Å². The van der Waals surface area contributed by atoms with Crippen LogP contribution in [0.4, 0.5) is 35.1 Å². The van der Waals surface area contributed by atoms with Crippen LogP contribution in [0.15, 0.2) is 53.4 Å². The Morgan fingerprint density at radius 2 is 1.31 bits per heavy atom. The van der Waals surface area contributed by atoms with Crippen molar-refractivity contribution in [2.75, 3.05) is 26.2 Å². The fourth-order valence-electron chi connectivity index (χ4n) is 5.71. The zero-order chi connectivity index (χ0) is 31.3. The van der Waals surface area contributed by atoms with E-state index in [1.54, 1.807) is 0 Å². The number of halogens is 8. The summed E-state index contributed by atoms with van der Waals surface area (Å²) in [5.41, 5.74) is -7.73. The quantitative estimate of drug-likeness (QED) is 0.335. The van der Waals surface area contributed by atoms with Gasteiger partial charge in [0.2, 0.25) is 11.8 Å². The Kier molecular flexibility index (Phi) is 8.15. The van der Waals surface area contributed by atoms with E-state index in [1.807, 2.05) is 0 Å². The standard InChI is InChI=1S/C27H26F8N2O4S/c1-17(38)36-12-14-37(15-13-36)23(39)18-10-11-24(16-18,42(40,41)22-8-6-21(28)7-9-22)19-2-4-20(5-3-19)25(29,26(30,31)32)27(33,34)35/h2-9,18H,10-16H2,1H3/t18-,24+/m1/s1. The number of hydrogen-bond donors (Lipinski definition) is 0. The first-order valence-corrected chi connectivity index (χ1v) is 14.3. The molecule has 1 aliphatic carbocycles. The van der Waals surface area contributed by atoms with E-state index < -0.39 is 55.8 Å². The minimum Gasteiger partial charge on any atom is -0.339 e. The van der Waals surface area contributed by atoms with Crippen molar-refractivity contribution in [3.63, 3.8) is 0 Å². The van der Waals surface area contributed by atoms with Gasteiger partial charge in [-0.3, -0.25) is 9.59 Å². The Balaban J connectivity index is 1.74. The van der Waals surface area contributed by atoms with Gasteiger partial charge in [-0.2, -0.15) is 26.3 Å². The molecule has 1 aliphatic heterocycles. The minimum absolute atomic E-state index is 0.00603. The molecule has 2 amide bonds. The number of alkyl halides is 7. The molecular weight excluding hydrogens is 600 g/mol. The molecule has 1 heterocycles. The maximum absolute atomic E-state index is 14.7. The normalized spacial score (nSPS) is 22.4. The van der Waals surface area contributed by atoms with Crippen LogP contribution in [0, 0.1) is 11.7 Å². The molecule has 0 unspecified atom stereocenters. The van der Waals surface area contributed by atoms with Gasteiger partial charge >= 0.3 is 18.0 Å². The summed E-state index contributed by atoms with van der Waals surface area (Å²) in [6.45, 7) is 2.28. The maximum atomic E-state index is 14.7. The van der Waals surface area contributed by atoms with Crippen molar-refractivity contribution in [2.45, 2.75) is 53.9 Å². The van der Waals surface area contributed by atoms with Crippen LogP contribution >= 0.6 is 0 Å². The fourth-order valence-corrected chi connectivity index (χ4v) is 7.91. The molecule has 0 spiro atoms. The summed E-state index contributed by atoms with van der Waals surface area (Å²) in [5.74, 6) is -2.24. The summed E-state index contributed by atoms with van der Waals surface area (Å²) < 4.78 is 134. The first kappa shape index (κ1) is 31.7. The van der Waals surface area contributed by atoms with E-state index in [4.69, 9.17) is 0 Å². The van der Waals surface area contributed by atoms with Crippen LogP contribution in [-0.2, 0) is 29.8 Å². The van der Waals surface area contributed by atoms with Gasteiger partial charge in [0.15, 0.2) is 9.84 Å². The first-order chi connectivity index (χ1) is 19.3. The van der Waals surface area contributed by atoms with Crippen LogP contribution in [0.3, 0.4) is 0 Å². The van der Waals surface area contributed by atoms with Crippen LogP contribution in [-0.4, -0.2) is 68.6 Å². The molecular formula is C27H26F8N2O4S. The van der Waals surface area contributed by atoms with Gasteiger partial charge in [0.05, 0.1) is 4.90 Å². The number of carbonyl (C=O) groups is 2. The van der Waals surface area contributed by atoms with Crippen molar-refractivity contribution in [2.24, 2.45) is 5.92 Å². The molecule has 230 valence electrons. The zero-order valence-corrected chi connectivity index (χ0v) is 22.9.